The number of rotatable bonds is 1. The number of carboxylic acids is 1. The number of aromatic nitrogens is 4. The molecule has 0 radical (unpaired) electrons. The highest BCUT2D eigenvalue weighted by molar-refractivity contribution is 5.86. The van der Waals surface area contributed by atoms with Gasteiger partial charge in [-0.3, -0.25) is 0 Å². The van der Waals surface area contributed by atoms with Crippen LogP contribution in [-0.4, -0.2) is 30.9 Å². The van der Waals surface area contributed by atoms with Crippen molar-refractivity contribution in [3.8, 4) is 0 Å². The molecule has 0 aliphatic carbocycles. The molecule has 0 atom stereocenters. The van der Waals surface area contributed by atoms with E-state index in [1.165, 1.54) is 16.8 Å². The number of hydrogen-bond donors (Lipinski definition) is 1. The molecule has 0 aromatic carbocycles. The first-order valence-electron chi connectivity index (χ1n) is 4.85. The van der Waals surface area contributed by atoms with Crippen LogP contribution >= 0.6 is 0 Å². The Labute approximate surface area is 91.9 Å². The second-order valence-corrected chi connectivity index (χ2v) is 4.59. The zero-order chi connectivity index (χ0) is 11.9. The van der Waals surface area contributed by atoms with Gasteiger partial charge in [-0.2, -0.15) is 4.52 Å². The lowest BCUT2D eigenvalue weighted by Gasteiger charge is -2.18. The number of fused-ring (bicyclic) bond motifs is 1. The van der Waals surface area contributed by atoms with Crippen molar-refractivity contribution in [1.29, 1.82) is 0 Å². The largest absolute Gasteiger partial charge is 0.477 e. The Kier molecular flexibility index (Phi) is 2.15. The van der Waals surface area contributed by atoms with Crippen LogP contribution < -0.4 is 0 Å². The Balaban J connectivity index is 2.76. The summed E-state index contributed by atoms with van der Waals surface area (Å²) in [5.41, 5.74) is 1.02. The molecule has 0 unspecified atom stereocenters. The third kappa shape index (κ3) is 1.62. The zero-order valence-electron chi connectivity index (χ0n) is 9.30. The van der Waals surface area contributed by atoms with Crippen LogP contribution in [0.3, 0.4) is 0 Å². The SMILES string of the molecule is CC(C)(C)c1cc(C(=O)O)n2nncc2n1. The normalized spacial score (nSPS) is 11.9. The first-order chi connectivity index (χ1) is 7.39. The molecular weight excluding hydrogens is 208 g/mol. The van der Waals surface area contributed by atoms with Gasteiger partial charge in [-0.15, -0.1) is 5.10 Å². The molecule has 2 aromatic heterocycles. The Bertz CT molecular complexity index is 553. The number of carbonyl (C=O) groups is 1. The summed E-state index contributed by atoms with van der Waals surface area (Å²) in [4.78, 5) is 15.4. The Morgan fingerprint density at radius 3 is 2.69 bits per heavy atom. The Hall–Kier alpha value is -1.98. The Morgan fingerprint density at radius 1 is 1.44 bits per heavy atom. The van der Waals surface area contributed by atoms with Crippen molar-refractivity contribution in [3.05, 3.63) is 23.7 Å². The van der Waals surface area contributed by atoms with E-state index in [1.807, 2.05) is 20.8 Å². The number of nitrogens with zero attached hydrogens (tertiary/aromatic N) is 4. The minimum atomic E-state index is -1.04. The average Bonchev–Trinajstić information content (AvgIpc) is 2.61. The van der Waals surface area contributed by atoms with Gasteiger partial charge in [0, 0.05) is 5.41 Å². The topological polar surface area (TPSA) is 80.4 Å². The summed E-state index contributed by atoms with van der Waals surface area (Å²) in [7, 11) is 0. The zero-order valence-corrected chi connectivity index (χ0v) is 9.30. The van der Waals surface area contributed by atoms with Crippen molar-refractivity contribution in [2.24, 2.45) is 0 Å². The van der Waals surface area contributed by atoms with Crippen molar-refractivity contribution < 1.29 is 9.90 Å². The minimum absolute atomic E-state index is 0.0763. The van der Waals surface area contributed by atoms with Gasteiger partial charge < -0.3 is 5.11 Å². The fourth-order valence-electron chi connectivity index (χ4n) is 1.36. The van der Waals surface area contributed by atoms with E-state index in [0.29, 0.717) is 11.3 Å². The van der Waals surface area contributed by atoms with Crippen LogP contribution in [0, 0.1) is 0 Å². The molecule has 6 nitrogen and oxygen atoms in total. The molecule has 84 valence electrons. The molecule has 0 aliphatic heterocycles. The average molecular weight is 220 g/mol. The fourth-order valence-corrected chi connectivity index (χ4v) is 1.36. The molecule has 6 heteroatoms. The molecule has 1 N–H and O–H groups in total. The van der Waals surface area contributed by atoms with Crippen LogP contribution in [0.15, 0.2) is 12.3 Å². The van der Waals surface area contributed by atoms with Crippen LogP contribution in [0.4, 0.5) is 0 Å². The van der Waals surface area contributed by atoms with Crippen molar-refractivity contribution in [1.82, 2.24) is 19.8 Å². The summed E-state index contributed by atoms with van der Waals surface area (Å²) in [6.07, 6.45) is 1.45. The van der Waals surface area contributed by atoms with Crippen molar-refractivity contribution in [2.45, 2.75) is 26.2 Å². The predicted molar refractivity (Wildman–Crippen MR) is 56.4 cm³/mol. The molecule has 0 fully saturated rings. The first-order valence-corrected chi connectivity index (χ1v) is 4.85. The van der Waals surface area contributed by atoms with Crippen LogP contribution in [-0.2, 0) is 5.41 Å². The van der Waals surface area contributed by atoms with Gasteiger partial charge in [0.1, 0.15) is 0 Å². The summed E-state index contributed by atoms with van der Waals surface area (Å²) in [6.45, 7) is 5.92. The molecule has 2 rings (SSSR count). The van der Waals surface area contributed by atoms with Gasteiger partial charge in [-0.05, 0) is 6.07 Å². The maximum absolute atomic E-state index is 11.1. The third-order valence-corrected chi connectivity index (χ3v) is 2.26. The van der Waals surface area contributed by atoms with Crippen LogP contribution in [0.2, 0.25) is 0 Å². The van der Waals surface area contributed by atoms with Crippen LogP contribution in [0.1, 0.15) is 37.0 Å². The van der Waals surface area contributed by atoms with Gasteiger partial charge in [0.25, 0.3) is 0 Å². The van der Waals surface area contributed by atoms with E-state index in [9.17, 15) is 4.79 Å². The highest BCUT2D eigenvalue weighted by atomic mass is 16.4. The maximum atomic E-state index is 11.1. The van der Waals surface area contributed by atoms with Gasteiger partial charge >= 0.3 is 5.97 Å². The van der Waals surface area contributed by atoms with Crippen molar-refractivity contribution in [2.75, 3.05) is 0 Å². The van der Waals surface area contributed by atoms with Gasteiger partial charge in [0.15, 0.2) is 11.3 Å². The fraction of sp³-hybridized carbons (Fsp3) is 0.400. The van der Waals surface area contributed by atoms with E-state index in [4.69, 9.17) is 5.11 Å². The lowest BCUT2D eigenvalue weighted by molar-refractivity contribution is 0.0686. The molecule has 16 heavy (non-hydrogen) atoms. The second kappa shape index (κ2) is 3.26. The molecule has 0 saturated heterocycles. The molecular formula is C10H12N4O2. The number of carboxylic acid groups (broad SMARTS) is 1. The second-order valence-electron chi connectivity index (χ2n) is 4.59. The van der Waals surface area contributed by atoms with E-state index in [2.05, 4.69) is 15.3 Å². The number of aromatic carboxylic acids is 1. The smallest absolute Gasteiger partial charge is 0.354 e. The van der Waals surface area contributed by atoms with Gasteiger partial charge in [-0.25, -0.2) is 9.78 Å². The highest BCUT2D eigenvalue weighted by Gasteiger charge is 2.20. The standard InChI is InChI=1S/C10H12N4O2/c1-10(2,3)7-4-6(9(15)16)14-8(12-7)5-11-13-14/h4-5H,1-3H3,(H,15,16). The van der Waals surface area contributed by atoms with Gasteiger partial charge in [0.2, 0.25) is 0 Å². The lowest BCUT2D eigenvalue weighted by Crippen LogP contribution is -2.17. The van der Waals surface area contributed by atoms with E-state index < -0.39 is 5.97 Å². The molecule has 0 bridgehead atoms. The summed E-state index contributed by atoms with van der Waals surface area (Å²) in [6, 6.07) is 1.53. The molecule has 0 saturated carbocycles. The summed E-state index contributed by atoms with van der Waals surface area (Å²) in [5, 5.41) is 16.4. The molecule has 0 amide bonds. The highest BCUT2D eigenvalue weighted by Crippen LogP contribution is 2.21. The maximum Gasteiger partial charge on any atom is 0.354 e. The summed E-state index contributed by atoms with van der Waals surface area (Å²) >= 11 is 0. The molecule has 2 aromatic rings. The summed E-state index contributed by atoms with van der Waals surface area (Å²) in [5.74, 6) is -1.04. The van der Waals surface area contributed by atoms with Crippen molar-refractivity contribution >= 4 is 11.6 Å². The van der Waals surface area contributed by atoms with Crippen molar-refractivity contribution in [3.63, 3.8) is 0 Å². The molecule has 0 aliphatic rings. The Morgan fingerprint density at radius 2 is 2.12 bits per heavy atom. The van der Waals surface area contributed by atoms with E-state index in [0.717, 1.165) is 0 Å². The first kappa shape index (κ1) is 10.5. The predicted octanol–water partition coefficient (Wildman–Crippen LogP) is 1.12. The molecule has 2 heterocycles. The van der Waals surface area contributed by atoms with E-state index >= 15 is 0 Å². The number of hydrogen-bond acceptors (Lipinski definition) is 4. The van der Waals surface area contributed by atoms with Gasteiger partial charge in [-0.1, -0.05) is 26.0 Å². The third-order valence-electron chi connectivity index (χ3n) is 2.26. The monoisotopic (exact) mass is 220 g/mol. The van der Waals surface area contributed by atoms with Crippen LogP contribution in [0.5, 0.6) is 0 Å². The minimum Gasteiger partial charge on any atom is -0.477 e. The van der Waals surface area contributed by atoms with E-state index in [-0.39, 0.29) is 11.1 Å². The lowest BCUT2D eigenvalue weighted by atomic mass is 9.91. The quantitative estimate of drug-likeness (QED) is 0.778. The van der Waals surface area contributed by atoms with E-state index in [1.54, 1.807) is 0 Å². The van der Waals surface area contributed by atoms with Gasteiger partial charge in [0.05, 0.1) is 11.9 Å². The van der Waals surface area contributed by atoms with Crippen LogP contribution in [0.25, 0.3) is 5.65 Å². The molecule has 0 spiro atoms. The summed E-state index contributed by atoms with van der Waals surface area (Å²) < 4.78 is 1.22.